The number of aliphatic carboxylic acids is 1. The zero-order valence-corrected chi connectivity index (χ0v) is 17.8. The first-order chi connectivity index (χ1) is 13.9. The summed E-state index contributed by atoms with van der Waals surface area (Å²) in [7, 11) is 0. The molecule has 0 radical (unpaired) electrons. The molecule has 1 aromatic rings. The molecule has 0 aliphatic heterocycles. The molecule has 0 spiro atoms. The SMILES string of the molecule is CCCC(O)c1cccc(OC[C@@H]2[C@@H](CC=CCCCC(=O)O)[C@H](Cl)C[C@H]2O)c1. The fourth-order valence-electron chi connectivity index (χ4n) is 3.88. The van der Waals surface area contributed by atoms with Gasteiger partial charge in [-0.1, -0.05) is 37.6 Å². The van der Waals surface area contributed by atoms with Crippen molar-refractivity contribution >= 4 is 17.6 Å². The van der Waals surface area contributed by atoms with Crippen molar-refractivity contribution in [2.75, 3.05) is 6.61 Å². The van der Waals surface area contributed by atoms with E-state index < -0.39 is 18.2 Å². The van der Waals surface area contributed by atoms with Gasteiger partial charge in [0.1, 0.15) is 5.75 Å². The maximum atomic E-state index is 10.5. The highest BCUT2D eigenvalue weighted by molar-refractivity contribution is 6.21. The van der Waals surface area contributed by atoms with E-state index in [1.54, 1.807) is 0 Å². The van der Waals surface area contributed by atoms with Gasteiger partial charge in [-0.05, 0) is 55.7 Å². The van der Waals surface area contributed by atoms with Crippen molar-refractivity contribution in [3.8, 4) is 5.75 Å². The van der Waals surface area contributed by atoms with Gasteiger partial charge in [0.15, 0.2) is 0 Å². The van der Waals surface area contributed by atoms with Crippen LogP contribution in [0.2, 0.25) is 0 Å². The summed E-state index contributed by atoms with van der Waals surface area (Å²) >= 11 is 6.47. The first kappa shape index (κ1) is 23.7. The van der Waals surface area contributed by atoms with Crippen LogP contribution in [-0.2, 0) is 4.79 Å². The standard InChI is InChI=1S/C23H33ClO5/c1-2-8-21(25)16-9-7-10-17(13-16)29-15-19-18(20(24)14-22(19)26)11-5-3-4-6-12-23(27)28/h3,5,7,9-10,13,18-22,25-26H,2,4,6,8,11-12,14-15H2,1H3,(H,27,28)/t18-,19-,20-,21?,22-/m1/s1. The third-order valence-electron chi connectivity index (χ3n) is 5.56. The van der Waals surface area contributed by atoms with Gasteiger partial charge in [-0.2, -0.15) is 0 Å². The summed E-state index contributed by atoms with van der Waals surface area (Å²) in [6.07, 6.45) is 7.45. The van der Waals surface area contributed by atoms with Gasteiger partial charge >= 0.3 is 5.97 Å². The second-order valence-electron chi connectivity index (χ2n) is 7.83. The highest BCUT2D eigenvalue weighted by Crippen LogP contribution is 2.39. The topological polar surface area (TPSA) is 87.0 Å². The number of aliphatic hydroxyl groups is 2. The van der Waals surface area contributed by atoms with Crippen LogP contribution in [0.3, 0.4) is 0 Å². The number of aliphatic hydroxyl groups excluding tert-OH is 2. The van der Waals surface area contributed by atoms with Crippen molar-refractivity contribution in [2.24, 2.45) is 11.8 Å². The van der Waals surface area contributed by atoms with Crippen molar-refractivity contribution in [3.05, 3.63) is 42.0 Å². The molecule has 2 rings (SSSR count). The van der Waals surface area contributed by atoms with Gasteiger partial charge in [0.05, 0.1) is 18.8 Å². The number of hydrogen-bond donors (Lipinski definition) is 3. The number of ether oxygens (including phenoxy) is 1. The number of carboxylic acid groups (broad SMARTS) is 1. The van der Waals surface area contributed by atoms with E-state index in [0.717, 1.165) is 24.8 Å². The Kier molecular flexibility index (Phi) is 9.98. The Morgan fingerprint density at radius 2 is 2.14 bits per heavy atom. The van der Waals surface area contributed by atoms with E-state index in [4.69, 9.17) is 21.4 Å². The number of halogens is 1. The highest BCUT2D eigenvalue weighted by Gasteiger charge is 2.41. The molecule has 1 aliphatic rings. The number of hydrogen-bond acceptors (Lipinski definition) is 4. The fraction of sp³-hybridized carbons (Fsp3) is 0.609. The monoisotopic (exact) mass is 424 g/mol. The lowest BCUT2D eigenvalue weighted by Crippen LogP contribution is -2.27. The van der Waals surface area contributed by atoms with E-state index in [9.17, 15) is 15.0 Å². The predicted octanol–water partition coefficient (Wildman–Crippen LogP) is 4.70. The van der Waals surface area contributed by atoms with Gasteiger partial charge in [-0.25, -0.2) is 0 Å². The Morgan fingerprint density at radius 1 is 1.34 bits per heavy atom. The number of benzene rings is 1. The van der Waals surface area contributed by atoms with E-state index in [1.165, 1.54) is 0 Å². The van der Waals surface area contributed by atoms with Crippen molar-refractivity contribution in [1.29, 1.82) is 0 Å². The van der Waals surface area contributed by atoms with Gasteiger partial charge in [0, 0.05) is 17.7 Å². The first-order valence-corrected chi connectivity index (χ1v) is 11.0. The molecule has 0 amide bonds. The van der Waals surface area contributed by atoms with Crippen molar-refractivity contribution < 1.29 is 24.9 Å². The minimum Gasteiger partial charge on any atom is -0.493 e. The van der Waals surface area contributed by atoms with Crippen LogP contribution in [0.15, 0.2) is 36.4 Å². The zero-order chi connectivity index (χ0) is 21.2. The van der Waals surface area contributed by atoms with E-state index in [1.807, 2.05) is 43.3 Å². The molecule has 162 valence electrons. The minimum absolute atomic E-state index is 0.0645. The molecule has 29 heavy (non-hydrogen) atoms. The average Bonchev–Trinajstić information content (AvgIpc) is 2.95. The Balaban J connectivity index is 1.89. The Morgan fingerprint density at radius 3 is 2.86 bits per heavy atom. The molecule has 0 saturated heterocycles. The van der Waals surface area contributed by atoms with Crippen LogP contribution in [-0.4, -0.2) is 39.4 Å². The molecular formula is C23H33ClO5. The van der Waals surface area contributed by atoms with Gasteiger partial charge in [-0.15, -0.1) is 11.6 Å². The summed E-state index contributed by atoms with van der Waals surface area (Å²) in [6, 6.07) is 7.48. The Labute approximate surface area is 178 Å². The highest BCUT2D eigenvalue weighted by atomic mass is 35.5. The first-order valence-electron chi connectivity index (χ1n) is 10.5. The molecule has 0 bridgehead atoms. The summed E-state index contributed by atoms with van der Waals surface area (Å²) in [5.74, 6) is -0.0471. The fourth-order valence-corrected chi connectivity index (χ4v) is 4.35. The van der Waals surface area contributed by atoms with Crippen molar-refractivity contribution in [3.63, 3.8) is 0 Å². The second kappa shape index (κ2) is 12.2. The van der Waals surface area contributed by atoms with Crippen LogP contribution in [0, 0.1) is 11.8 Å². The van der Waals surface area contributed by atoms with Crippen LogP contribution < -0.4 is 4.74 Å². The smallest absolute Gasteiger partial charge is 0.303 e. The van der Waals surface area contributed by atoms with Gasteiger partial charge < -0.3 is 20.1 Å². The largest absolute Gasteiger partial charge is 0.493 e. The van der Waals surface area contributed by atoms with E-state index in [2.05, 4.69) is 0 Å². The van der Waals surface area contributed by atoms with Crippen LogP contribution in [0.4, 0.5) is 0 Å². The molecular weight excluding hydrogens is 392 g/mol. The zero-order valence-electron chi connectivity index (χ0n) is 17.0. The summed E-state index contributed by atoms with van der Waals surface area (Å²) < 4.78 is 5.96. The molecule has 1 aromatic carbocycles. The van der Waals surface area contributed by atoms with Gasteiger partial charge in [0.2, 0.25) is 0 Å². The second-order valence-corrected chi connectivity index (χ2v) is 8.39. The van der Waals surface area contributed by atoms with Crippen molar-refractivity contribution in [2.45, 2.75) is 69.5 Å². The van der Waals surface area contributed by atoms with Crippen LogP contribution in [0.25, 0.3) is 0 Å². The number of carbonyl (C=O) groups is 1. The molecule has 1 fully saturated rings. The molecule has 1 aliphatic carbocycles. The van der Waals surface area contributed by atoms with E-state index >= 15 is 0 Å². The molecule has 0 heterocycles. The summed E-state index contributed by atoms with van der Waals surface area (Å²) in [5.41, 5.74) is 0.840. The number of alkyl halides is 1. The summed E-state index contributed by atoms with van der Waals surface area (Å²) in [5, 5.41) is 29.2. The van der Waals surface area contributed by atoms with Crippen LogP contribution >= 0.6 is 11.6 Å². The third kappa shape index (κ3) is 7.65. The molecule has 5 atom stereocenters. The molecule has 6 heteroatoms. The lowest BCUT2D eigenvalue weighted by Gasteiger charge is -2.23. The quantitative estimate of drug-likeness (QED) is 0.257. The normalized spacial score (nSPS) is 25.4. The van der Waals surface area contributed by atoms with Crippen LogP contribution in [0.5, 0.6) is 5.75 Å². The minimum atomic E-state index is -0.776. The average molecular weight is 425 g/mol. The number of rotatable bonds is 12. The predicted molar refractivity (Wildman–Crippen MR) is 114 cm³/mol. The third-order valence-corrected chi connectivity index (χ3v) is 6.06. The van der Waals surface area contributed by atoms with E-state index in [0.29, 0.717) is 31.6 Å². The summed E-state index contributed by atoms with van der Waals surface area (Å²) in [4.78, 5) is 10.5. The maximum Gasteiger partial charge on any atom is 0.303 e. The van der Waals surface area contributed by atoms with Crippen molar-refractivity contribution in [1.82, 2.24) is 0 Å². The lowest BCUT2D eigenvalue weighted by atomic mass is 9.92. The molecule has 3 N–H and O–H groups in total. The maximum absolute atomic E-state index is 10.5. The number of carboxylic acids is 1. The molecule has 1 saturated carbocycles. The van der Waals surface area contributed by atoms with Crippen LogP contribution in [0.1, 0.15) is 63.5 Å². The Bertz CT molecular complexity index is 662. The molecule has 0 aromatic heterocycles. The Hall–Kier alpha value is -1.56. The van der Waals surface area contributed by atoms with Gasteiger partial charge in [-0.3, -0.25) is 4.79 Å². The molecule has 5 nitrogen and oxygen atoms in total. The van der Waals surface area contributed by atoms with E-state index in [-0.39, 0.29) is 23.6 Å². The lowest BCUT2D eigenvalue weighted by molar-refractivity contribution is -0.137. The molecule has 1 unspecified atom stereocenters. The number of unbranched alkanes of at least 4 members (excludes halogenated alkanes) is 1. The van der Waals surface area contributed by atoms with Gasteiger partial charge in [0.25, 0.3) is 0 Å². The summed E-state index contributed by atoms with van der Waals surface area (Å²) in [6.45, 7) is 2.41. The number of allylic oxidation sites excluding steroid dienone is 2.